The molecule has 0 unspecified atom stereocenters. The molecule has 0 aliphatic heterocycles. The van der Waals surface area contributed by atoms with E-state index in [9.17, 15) is 0 Å². The molecule has 2 rings (SSSR count). The fourth-order valence-electron chi connectivity index (χ4n) is 1.88. The van der Waals surface area contributed by atoms with Crippen LogP contribution in [-0.2, 0) is 13.5 Å². The van der Waals surface area contributed by atoms with Crippen molar-refractivity contribution in [1.29, 1.82) is 0 Å². The molecule has 0 radical (unpaired) electrons. The third kappa shape index (κ3) is 3.44. The van der Waals surface area contributed by atoms with Gasteiger partial charge in [0.2, 0.25) is 0 Å². The average Bonchev–Trinajstić information content (AvgIpc) is 2.70. The number of benzene rings is 1. The van der Waals surface area contributed by atoms with Gasteiger partial charge in [0, 0.05) is 13.5 Å². The molecule has 19 heavy (non-hydrogen) atoms. The molecule has 0 fully saturated rings. The summed E-state index contributed by atoms with van der Waals surface area (Å²) >= 11 is 5.07. The van der Waals surface area contributed by atoms with Gasteiger partial charge in [0.05, 0.1) is 6.61 Å². The van der Waals surface area contributed by atoms with Crippen LogP contribution in [0.2, 0.25) is 0 Å². The van der Waals surface area contributed by atoms with E-state index in [2.05, 4.69) is 42.2 Å². The second-order valence-corrected chi connectivity index (χ2v) is 5.11. The van der Waals surface area contributed by atoms with Gasteiger partial charge in [-0.15, -0.1) is 0 Å². The van der Waals surface area contributed by atoms with Crippen LogP contribution in [0.15, 0.2) is 18.2 Å². The Hall–Kier alpha value is -1.62. The smallest absolute Gasteiger partial charge is 0.194 e. The molecular formula is C14H19N3OS. The van der Waals surface area contributed by atoms with Crippen molar-refractivity contribution in [3.05, 3.63) is 39.9 Å². The van der Waals surface area contributed by atoms with Crippen molar-refractivity contribution in [3.63, 3.8) is 0 Å². The normalized spacial score (nSPS) is 10.7. The lowest BCUT2D eigenvalue weighted by molar-refractivity contribution is 0.307. The molecule has 0 saturated carbocycles. The summed E-state index contributed by atoms with van der Waals surface area (Å²) in [7, 11) is 1.92. The first-order valence-electron chi connectivity index (χ1n) is 6.38. The number of aromatic amines is 1. The second kappa shape index (κ2) is 6.02. The number of H-pyrrole nitrogens is 1. The zero-order valence-electron chi connectivity index (χ0n) is 11.6. The molecule has 5 heteroatoms. The van der Waals surface area contributed by atoms with Crippen LogP contribution in [0.25, 0.3) is 0 Å². The molecule has 0 amide bonds. The summed E-state index contributed by atoms with van der Waals surface area (Å²) in [6.45, 7) is 4.82. The predicted molar refractivity (Wildman–Crippen MR) is 78.1 cm³/mol. The molecular weight excluding hydrogens is 258 g/mol. The maximum Gasteiger partial charge on any atom is 0.194 e. The molecule has 2 aromatic rings. The molecule has 0 atom stereocenters. The number of hydrogen-bond donors (Lipinski definition) is 1. The fourth-order valence-corrected chi connectivity index (χ4v) is 2.03. The molecule has 1 aromatic heterocycles. The maximum absolute atomic E-state index is 5.81. The van der Waals surface area contributed by atoms with Crippen LogP contribution in [-0.4, -0.2) is 21.4 Å². The number of aromatic nitrogens is 3. The van der Waals surface area contributed by atoms with Crippen LogP contribution in [0.4, 0.5) is 0 Å². The summed E-state index contributed by atoms with van der Waals surface area (Å²) in [6, 6.07) is 6.25. The van der Waals surface area contributed by atoms with E-state index in [-0.39, 0.29) is 0 Å². The highest BCUT2D eigenvalue weighted by Crippen LogP contribution is 2.19. The van der Waals surface area contributed by atoms with Crippen LogP contribution in [0, 0.1) is 18.6 Å². The summed E-state index contributed by atoms with van der Waals surface area (Å²) in [4.78, 5) is 0. The number of nitrogens with zero attached hydrogens (tertiary/aromatic N) is 2. The van der Waals surface area contributed by atoms with Gasteiger partial charge in [-0.25, -0.2) is 0 Å². The Morgan fingerprint density at radius 2 is 2.16 bits per heavy atom. The zero-order chi connectivity index (χ0) is 13.8. The largest absolute Gasteiger partial charge is 0.493 e. The van der Waals surface area contributed by atoms with Gasteiger partial charge < -0.3 is 9.30 Å². The Bertz CT molecular complexity index is 615. The van der Waals surface area contributed by atoms with Crippen molar-refractivity contribution < 1.29 is 4.74 Å². The van der Waals surface area contributed by atoms with Gasteiger partial charge in [-0.1, -0.05) is 12.1 Å². The number of ether oxygens (including phenoxy) is 1. The van der Waals surface area contributed by atoms with E-state index in [1.165, 1.54) is 11.1 Å². The Labute approximate surface area is 118 Å². The van der Waals surface area contributed by atoms with Gasteiger partial charge in [-0.2, -0.15) is 5.10 Å². The lowest BCUT2D eigenvalue weighted by Gasteiger charge is -2.09. The molecule has 0 bridgehead atoms. The molecule has 4 nitrogen and oxygen atoms in total. The van der Waals surface area contributed by atoms with Crippen LogP contribution in [0.5, 0.6) is 5.75 Å². The van der Waals surface area contributed by atoms with Gasteiger partial charge in [-0.05, 0) is 49.7 Å². The Balaban J connectivity index is 1.85. The highest BCUT2D eigenvalue weighted by Gasteiger charge is 2.03. The monoisotopic (exact) mass is 277 g/mol. The van der Waals surface area contributed by atoms with Crippen molar-refractivity contribution >= 4 is 12.2 Å². The minimum atomic E-state index is 0.658. The number of nitrogens with one attached hydrogen (secondary N) is 1. The van der Waals surface area contributed by atoms with Gasteiger partial charge >= 0.3 is 0 Å². The zero-order valence-corrected chi connectivity index (χ0v) is 12.4. The lowest BCUT2D eigenvalue weighted by atomic mass is 10.1. The molecule has 102 valence electrons. The van der Waals surface area contributed by atoms with Gasteiger partial charge in [-0.3, -0.25) is 5.10 Å². The first-order chi connectivity index (χ1) is 9.08. The Morgan fingerprint density at radius 3 is 2.84 bits per heavy atom. The van der Waals surface area contributed by atoms with Gasteiger partial charge in [0.25, 0.3) is 0 Å². The Kier molecular flexibility index (Phi) is 4.37. The molecule has 0 spiro atoms. The summed E-state index contributed by atoms with van der Waals surface area (Å²) < 4.78 is 8.37. The van der Waals surface area contributed by atoms with Crippen molar-refractivity contribution in [2.24, 2.45) is 7.05 Å². The van der Waals surface area contributed by atoms with Crippen LogP contribution in [0.3, 0.4) is 0 Å². The van der Waals surface area contributed by atoms with Crippen molar-refractivity contribution in [2.45, 2.75) is 26.7 Å². The standard InChI is InChI=1S/C14H19N3OS/c1-10-6-7-11(2)12(9-10)18-8-4-5-13-15-16-14(19)17(13)3/h6-7,9H,4-5,8H2,1-3H3,(H,16,19). The molecule has 1 heterocycles. The van der Waals surface area contributed by atoms with E-state index in [4.69, 9.17) is 17.0 Å². The van der Waals surface area contributed by atoms with E-state index in [0.29, 0.717) is 11.4 Å². The van der Waals surface area contributed by atoms with Crippen LogP contribution >= 0.6 is 12.2 Å². The molecule has 0 aliphatic rings. The first kappa shape index (κ1) is 13.8. The predicted octanol–water partition coefficient (Wildman–Crippen LogP) is 3.11. The molecule has 1 aromatic carbocycles. The van der Waals surface area contributed by atoms with Gasteiger partial charge in [0.1, 0.15) is 11.6 Å². The van der Waals surface area contributed by atoms with E-state index in [1.807, 2.05) is 11.6 Å². The summed E-state index contributed by atoms with van der Waals surface area (Å²) in [6.07, 6.45) is 1.77. The topological polar surface area (TPSA) is 42.8 Å². The minimum absolute atomic E-state index is 0.658. The number of rotatable bonds is 5. The van der Waals surface area contributed by atoms with Crippen molar-refractivity contribution in [3.8, 4) is 5.75 Å². The fraction of sp³-hybridized carbons (Fsp3) is 0.429. The first-order valence-corrected chi connectivity index (χ1v) is 6.79. The summed E-state index contributed by atoms with van der Waals surface area (Å²) in [5.41, 5.74) is 2.39. The molecule has 1 N–H and O–H groups in total. The minimum Gasteiger partial charge on any atom is -0.493 e. The highest BCUT2D eigenvalue weighted by atomic mass is 32.1. The third-order valence-electron chi connectivity index (χ3n) is 3.12. The summed E-state index contributed by atoms with van der Waals surface area (Å²) in [5.74, 6) is 1.94. The lowest BCUT2D eigenvalue weighted by Crippen LogP contribution is -2.04. The quantitative estimate of drug-likeness (QED) is 0.674. The van der Waals surface area contributed by atoms with E-state index in [1.54, 1.807) is 0 Å². The number of hydrogen-bond acceptors (Lipinski definition) is 3. The Morgan fingerprint density at radius 1 is 1.37 bits per heavy atom. The van der Waals surface area contributed by atoms with E-state index >= 15 is 0 Å². The van der Waals surface area contributed by atoms with Crippen LogP contribution in [0.1, 0.15) is 23.4 Å². The van der Waals surface area contributed by atoms with Crippen molar-refractivity contribution in [2.75, 3.05) is 6.61 Å². The molecule has 0 aliphatic carbocycles. The third-order valence-corrected chi connectivity index (χ3v) is 3.48. The van der Waals surface area contributed by atoms with Crippen molar-refractivity contribution in [1.82, 2.24) is 14.8 Å². The van der Waals surface area contributed by atoms with E-state index < -0.39 is 0 Å². The molecule has 0 saturated heterocycles. The maximum atomic E-state index is 5.81. The average molecular weight is 277 g/mol. The second-order valence-electron chi connectivity index (χ2n) is 4.72. The van der Waals surface area contributed by atoms with Gasteiger partial charge in [0.15, 0.2) is 4.77 Å². The highest BCUT2D eigenvalue weighted by molar-refractivity contribution is 7.71. The summed E-state index contributed by atoms with van der Waals surface area (Å²) in [5, 5.41) is 6.97. The number of aryl methyl sites for hydroxylation is 3. The SMILES string of the molecule is Cc1ccc(C)c(OCCCc2n[nH]c(=S)n2C)c1. The van der Waals surface area contributed by atoms with E-state index in [0.717, 1.165) is 24.4 Å². The van der Waals surface area contributed by atoms with Crippen LogP contribution < -0.4 is 4.74 Å².